The lowest BCUT2D eigenvalue weighted by Gasteiger charge is -2.31. The Bertz CT molecular complexity index is 3670. The van der Waals surface area contributed by atoms with Crippen molar-refractivity contribution in [3.8, 4) is 0 Å². The number of hydrogen-bond acceptors (Lipinski definition) is 4. The Labute approximate surface area is 408 Å². The third kappa shape index (κ3) is 6.79. The SMILES string of the molecule is c1ccc(N(c2cc3c4ccc(C5CCCCC5)cc4c(N(c4ccccc4)c4cccc5c4oc4ccccc45)cc3c3ccc(C4CCCCC4)cc23)c2cccc3c2oc2ccccc23)cc1. The van der Waals surface area contributed by atoms with Gasteiger partial charge in [0, 0.05) is 43.7 Å². The van der Waals surface area contributed by atoms with E-state index in [1.54, 1.807) is 0 Å². The van der Waals surface area contributed by atoms with Gasteiger partial charge in [0.25, 0.3) is 0 Å². The van der Waals surface area contributed by atoms with Gasteiger partial charge in [0.2, 0.25) is 0 Å². The van der Waals surface area contributed by atoms with Gasteiger partial charge in [0.15, 0.2) is 11.2 Å². The van der Waals surface area contributed by atoms with Crippen molar-refractivity contribution in [1.82, 2.24) is 0 Å². The van der Waals surface area contributed by atoms with Gasteiger partial charge in [0.05, 0.1) is 22.7 Å². The fourth-order valence-corrected chi connectivity index (χ4v) is 12.6. The first kappa shape index (κ1) is 41.2. The third-order valence-corrected chi connectivity index (χ3v) is 16.0. The van der Waals surface area contributed by atoms with Gasteiger partial charge in [0.1, 0.15) is 11.2 Å². The molecular weight excluding hydrogens is 853 g/mol. The van der Waals surface area contributed by atoms with Crippen LogP contribution in [0.5, 0.6) is 0 Å². The monoisotopic (exact) mass is 906 g/mol. The predicted octanol–water partition coefficient (Wildman–Crippen LogP) is 20.0. The highest BCUT2D eigenvalue weighted by atomic mass is 16.3. The minimum atomic E-state index is 0.536. The van der Waals surface area contributed by atoms with Gasteiger partial charge in [-0.2, -0.15) is 0 Å². The summed E-state index contributed by atoms with van der Waals surface area (Å²) in [6, 6.07) is 72.0. The number of anilines is 6. The van der Waals surface area contributed by atoms with Crippen LogP contribution in [-0.2, 0) is 0 Å². The zero-order valence-corrected chi connectivity index (χ0v) is 39.4. The second kappa shape index (κ2) is 17.0. The van der Waals surface area contributed by atoms with Gasteiger partial charge in [-0.3, -0.25) is 0 Å². The average molecular weight is 907 g/mol. The Morgan fingerprint density at radius 2 is 0.686 bits per heavy atom. The molecular formula is C66H54N2O2. The number of para-hydroxylation sites is 6. The lowest BCUT2D eigenvalue weighted by Crippen LogP contribution is -2.13. The fourth-order valence-electron chi connectivity index (χ4n) is 12.6. The van der Waals surface area contributed by atoms with Crippen LogP contribution in [0.4, 0.5) is 34.1 Å². The Kier molecular flexibility index (Phi) is 10.00. The molecule has 0 radical (unpaired) electrons. The van der Waals surface area contributed by atoms with Crippen molar-refractivity contribution in [2.45, 2.75) is 76.0 Å². The summed E-state index contributed by atoms with van der Waals surface area (Å²) in [4.78, 5) is 4.96. The van der Waals surface area contributed by atoms with E-state index in [-0.39, 0.29) is 0 Å². The molecule has 0 atom stereocenters. The summed E-state index contributed by atoms with van der Waals surface area (Å²) < 4.78 is 13.8. The highest BCUT2D eigenvalue weighted by Gasteiger charge is 2.28. The van der Waals surface area contributed by atoms with E-state index in [0.29, 0.717) is 11.8 Å². The number of rotatable bonds is 8. The van der Waals surface area contributed by atoms with Gasteiger partial charge in [-0.25, -0.2) is 0 Å². The van der Waals surface area contributed by atoms with Crippen LogP contribution in [0, 0.1) is 0 Å². The van der Waals surface area contributed by atoms with Gasteiger partial charge in [-0.15, -0.1) is 0 Å². The molecule has 2 saturated carbocycles. The van der Waals surface area contributed by atoms with Crippen LogP contribution in [0.2, 0.25) is 0 Å². The van der Waals surface area contributed by atoms with E-state index in [1.165, 1.54) is 108 Å². The molecule has 0 aliphatic heterocycles. The fraction of sp³-hybridized carbons (Fsp3) is 0.182. The topological polar surface area (TPSA) is 32.8 Å². The molecule has 4 nitrogen and oxygen atoms in total. The standard InChI is InChI=1S/C66H54N2O2/c1-5-19-43(20-6-1)45-35-37-49-55-42-62(68(48-25-11-4-12-26-48)60-32-18-30-54-52-28-14-16-34-64(52)70-66(54)60)58-40-46(44-21-7-2-8-22-44)36-38-50(58)56(55)41-61(57(49)39-45)67(47-23-9-3-10-24-47)59-31-17-29-53-51-27-13-15-33-63(51)69-65(53)59/h3-4,9-18,23-44H,1-2,5-8,19-22H2. The smallest absolute Gasteiger partial charge is 0.159 e. The summed E-state index contributed by atoms with van der Waals surface area (Å²) in [5, 5.41) is 11.9. The molecule has 0 bridgehead atoms. The zero-order valence-electron chi connectivity index (χ0n) is 39.4. The lowest BCUT2D eigenvalue weighted by molar-refractivity contribution is 0.444. The minimum absolute atomic E-state index is 0.536. The number of benzene rings is 10. The lowest BCUT2D eigenvalue weighted by atomic mass is 9.82. The van der Waals surface area contributed by atoms with E-state index < -0.39 is 0 Å². The van der Waals surface area contributed by atoms with Crippen molar-refractivity contribution in [3.05, 3.63) is 205 Å². The van der Waals surface area contributed by atoms with Gasteiger partial charge >= 0.3 is 0 Å². The molecule has 0 amide bonds. The highest BCUT2D eigenvalue weighted by molar-refractivity contribution is 6.26. The maximum absolute atomic E-state index is 6.89. The molecule has 10 aromatic carbocycles. The molecule has 2 aromatic heterocycles. The van der Waals surface area contributed by atoms with Crippen molar-refractivity contribution >= 4 is 110 Å². The molecule has 12 aromatic rings. The number of nitrogens with zero attached hydrogens (tertiary/aromatic N) is 2. The highest BCUT2D eigenvalue weighted by Crippen LogP contribution is 2.52. The third-order valence-electron chi connectivity index (χ3n) is 16.0. The molecule has 2 heterocycles. The quantitative estimate of drug-likeness (QED) is 0.142. The Morgan fingerprint density at radius 1 is 0.286 bits per heavy atom. The molecule has 2 fully saturated rings. The molecule has 0 saturated heterocycles. The molecule has 70 heavy (non-hydrogen) atoms. The largest absolute Gasteiger partial charge is 0.454 e. The van der Waals surface area contributed by atoms with Gasteiger partial charge < -0.3 is 18.6 Å². The number of hydrogen-bond donors (Lipinski definition) is 0. The van der Waals surface area contributed by atoms with E-state index in [1.807, 2.05) is 0 Å². The molecule has 4 heteroatoms. The second-order valence-corrected chi connectivity index (χ2v) is 20.0. The molecule has 2 aliphatic carbocycles. The Balaban J connectivity index is 1.11. The summed E-state index contributed by atoms with van der Waals surface area (Å²) in [6.07, 6.45) is 12.7. The van der Waals surface area contributed by atoms with E-state index in [9.17, 15) is 0 Å². The molecule has 340 valence electrons. The van der Waals surface area contributed by atoms with Crippen molar-refractivity contribution < 1.29 is 8.83 Å². The molecule has 0 unspecified atom stereocenters. The number of furan rings is 2. The van der Waals surface area contributed by atoms with E-state index in [2.05, 4.69) is 204 Å². The molecule has 0 N–H and O–H groups in total. The first-order valence-corrected chi connectivity index (χ1v) is 25.7. The second-order valence-electron chi connectivity index (χ2n) is 20.0. The van der Waals surface area contributed by atoms with Crippen LogP contribution in [0.15, 0.2) is 203 Å². The molecule has 0 spiro atoms. The van der Waals surface area contributed by atoms with Gasteiger partial charge in [-0.05, 0) is 143 Å². The maximum atomic E-state index is 6.89. The van der Waals surface area contributed by atoms with Crippen molar-refractivity contribution in [3.63, 3.8) is 0 Å². The van der Waals surface area contributed by atoms with Crippen LogP contribution < -0.4 is 9.80 Å². The van der Waals surface area contributed by atoms with Crippen molar-refractivity contribution in [1.29, 1.82) is 0 Å². The first-order valence-electron chi connectivity index (χ1n) is 25.7. The van der Waals surface area contributed by atoms with E-state index in [0.717, 1.165) is 78.0 Å². The summed E-state index contributed by atoms with van der Waals surface area (Å²) in [5.74, 6) is 1.07. The van der Waals surface area contributed by atoms with Crippen LogP contribution in [0.1, 0.15) is 87.2 Å². The predicted molar refractivity (Wildman–Crippen MR) is 295 cm³/mol. The van der Waals surface area contributed by atoms with Gasteiger partial charge in [-0.1, -0.05) is 160 Å². The molecule has 2 aliphatic rings. The maximum Gasteiger partial charge on any atom is 0.159 e. The van der Waals surface area contributed by atoms with Crippen molar-refractivity contribution in [2.75, 3.05) is 9.80 Å². The Morgan fingerprint density at radius 3 is 1.13 bits per heavy atom. The summed E-state index contributed by atoms with van der Waals surface area (Å²) >= 11 is 0. The first-order chi connectivity index (χ1) is 34.7. The minimum Gasteiger partial charge on any atom is -0.454 e. The number of fused-ring (bicyclic) bond motifs is 11. The Hall–Kier alpha value is -7.82. The van der Waals surface area contributed by atoms with Crippen LogP contribution in [0.25, 0.3) is 76.2 Å². The van der Waals surface area contributed by atoms with Crippen LogP contribution >= 0.6 is 0 Å². The van der Waals surface area contributed by atoms with Crippen LogP contribution in [0.3, 0.4) is 0 Å². The normalized spacial score (nSPS) is 15.0. The summed E-state index contributed by atoms with van der Waals surface area (Å²) in [5.41, 5.74) is 13.0. The van der Waals surface area contributed by atoms with Crippen molar-refractivity contribution in [2.24, 2.45) is 0 Å². The molecule has 14 rings (SSSR count). The average Bonchev–Trinajstić information content (AvgIpc) is 4.02. The summed E-state index contributed by atoms with van der Waals surface area (Å²) in [6.45, 7) is 0. The zero-order chi connectivity index (χ0) is 46.1. The van der Waals surface area contributed by atoms with E-state index >= 15 is 0 Å². The summed E-state index contributed by atoms with van der Waals surface area (Å²) in [7, 11) is 0. The van der Waals surface area contributed by atoms with Crippen LogP contribution in [-0.4, -0.2) is 0 Å². The van der Waals surface area contributed by atoms with E-state index in [4.69, 9.17) is 8.83 Å².